The van der Waals surface area contributed by atoms with Gasteiger partial charge in [0.25, 0.3) is 10.0 Å². The summed E-state index contributed by atoms with van der Waals surface area (Å²) in [6.07, 6.45) is 3.01. The fraction of sp³-hybridized carbons (Fsp3) is 0. The summed E-state index contributed by atoms with van der Waals surface area (Å²) < 4.78 is 28.0. The Labute approximate surface area is 127 Å². The molecule has 2 aromatic rings. The van der Waals surface area contributed by atoms with Gasteiger partial charge >= 0.3 is 0 Å². The standard InChI is InChI=1S/C11H9Br2N3O2S/c12-8-5-7(1-2-10(8)14)19(17,18)16-11-3-4-15-6-9(11)13/h1-6H,14H2,(H,15,16). The third-order valence-electron chi connectivity index (χ3n) is 2.30. The summed E-state index contributed by atoms with van der Waals surface area (Å²) in [5, 5.41) is 0. The van der Waals surface area contributed by atoms with Crippen molar-refractivity contribution in [1.82, 2.24) is 4.98 Å². The summed E-state index contributed by atoms with van der Waals surface area (Å²) in [7, 11) is -3.67. The normalized spacial score (nSPS) is 11.3. The molecule has 8 heteroatoms. The molecule has 1 aromatic heterocycles. The van der Waals surface area contributed by atoms with Gasteiger partial charge in [0, 0.05) is 22.6 Å². The van der Waals surface area contributed by atoms with Gasteiger partial charge in [-0.05, 0) is 56.1 Å². The number of benzene rings is 1. The van der Waals surface area contributed by atoms with Crippen molar-refractivity contribution >= 4 is 53.3 Å². The lowest BCUT2D eigenvalue weighted by Gasteiger charge is -2.10. The molecule has 0 aliphatic heterocycles. The number of anilines is 2. The Hall–Kier alpha value is -1.12. The molecule has 19 heavy (non-hydrogen) atoms. The summed E-state index contributed by atoms with van der Waals surface area (Å²) >= 11 is 6.43. The van der Waals surface area contributed by atoms with E-state index in [1.165, 1.54) is 30.6 Å². The maximum absolute atomic E-state index is 12.2. The van der Waals surface area contributed by atoms with Gasteiger partial charge in [-0.3, -0.25) is 9.71 Å². The number of sulfonamides is 1. The molecule has 0 radical (unpaired) electrons. The molecule has 0 bridgehead atoms. The molecular formula is C11H9Br2N3O2S. The van der Waals surface area contributed by atoms with Gasteiger partial charge in [0.1, 0.15) is 0 Å². The minimum absolute atomic E-state index is 0.122. The lowest BCUT2D eigenvalue weighted by atomic mass is 10.3. The van der Waals surface area contributed by atoms with E-state index in [1.54, 1.807) is 6.07 Å². The molecule has 0 amide bonds. The maximum Gasteiger partial charge on any atom is 0.261 e. The number of nitrogens with one attached hydrogen (secondary N) is 1. The first-order chi connectivity index (χ1) is 8.90. The van der Waals surface area contributed by atoms with E-state index in [1.807, 2.05) is 0 Å². The number of pyridine rings is 1. The van der Waals surface area contributed by atoms with Crippen LogP contribution in [0.2, 0.25) is 0 Å². The van der Waals surface area contributed by atoms with Gasteiger partial charge in [-0.25, -0.2) is 8.42 Å². The SMILES string of the molecule is Nc1ccc(S(=O)(=O)Nc2ccncc2Br)cc1Br. The first-order valence-electron chi connectivity index (χ1n) is 5.07. The first kappa shape index (κ1) is 14.3. The first-order valence-corrected chi connectivity index (χ1v) is 8.14. The molecule has 3 N–H and O–H groups in total. The quantitative estimate of drug-likeness (QED) is 0.767. The summed E-state index contributed by atoms with van der Waals surface area (Å²) in [5.41, 5.74) is 6.53. The Morgan fingerprint density at radius 3 is 2.53 bits per heavy atom. The minimum Gasteiger partial charge on any atom is -0.398 e. The highest BCUT2D eigenvalue weighted by Gasteiger charge is 2.16. The average molecular weight is 407 g/mol. The van der Waals surface area contributed by atoms with E-state index in [4.69, 9.17) is 5.73 Å². The topological polar surface area (TPSA) is 85.1 Å². The minimum atomic E-state index is -3.67. The van der Waals surface area contributed by atoms with Crippen LogP contribution in [0.4, 0.5) is 11.4 Å². The molecule has 0 saturated carbocycles. The largest absolute Gasteiger partial charge is 0.398 e. The molecule has 0 atom stereocenters. The lowest BCUT2D eigenvalue weighted by Crippen LogP contribution is -2.13. The van der Waals surface area contributed by atoms with Crippen molar-refractivity contribution in [3.05, 3.63) is 45.6 Å². The molecule has 0 saturated heterocycles. The third kappa shape index (κ3) is 3.26. The Bertz CT molecular complexity index is 720. The predicted octanol–water partition coefficient (Wildman–Crippen LogP) is 2.99. The number of hydrogen-bond donors (Lipinski definition) is 2. The van der Waals surface area contributed by atoms with Crippen LogP contribution < -0.4 is 10.5 Å². The second kappa shape index (κ2) is 5.48. The summed E-state index contributed by atoms with van der Waals surface area (Å²) in [6, 6.07) is 5.98. The second-order valence-electron chi connectivity index (χ2n) is 3.64. The van der Waals surface area contributed by atoms with Crippen molar-refractivity contribution in [2.75, 3.05) is 10.5 Å². The van der Waals surface area contributed by atoms with Crippen molar-refractivity contribution in [3.8, 4) is 0 Å². The number of nitrogen functional groups attached to an aromatic ring is 1. The van der Waals surface area contributed by atoms with Gasteiger partial charge in [-0.2, -0.15) is 0 Å². The monoisotopic (exact) mass is 405 g/mol. The van der Waals surface area contributed by atoms with Crippen molar-refractivity contribution in [2.24, 2.45) is 0 Å². The highest BCUT2D eigenvalue weighted by Crippen LogP contribution is 2.26. The van der Waals surface area contributed by atoms with E-state index < -0.39 is 10.0 Å². The predicted molar refractivity (Wildman–Crippen MR) is 81.3 cm³/mol. The van der Waals surface area contributed by atoms with Crippen molar-refractivity contribution in [2.45, 2.75) is 4.90 Å². The smallest absolute Gasteiger partial charge is 0.261 e. The molecule has 0 spiro atoms. The van der Waals surface area contributed by atoms with Crippen LogP contribution in [0.25, 0.3) is 0 Å². The summed E-state index contributed by atoms with van der Waals surface area (Å²) in [5.74, 6) is 0. The molecule has 0 aliphatic rings. The Kier molecular flexibility index (Phi) is 4.12. The molecule has 2 rings (SSSR count). The zero-order valence-corrected chi connectivity index (χ0v) is 13.5. The molecule has 100 valence electrons. The van der Waals surface area contributed by atoms with Crippen LogP contribution in [-0.4, -0.2) is 13.4 Å². The van der Waals surface area contributed by atoms with E-state index >= 15 is 0 Å². The summed E-state index contributed by atoms with van der Waals surface area (Å²) in [6.45, 7) is 0. The molecule has 0 aliphatic carbocycles. The molecule has 1 aromatic carbocycles. The average Bonchev–Trinajstić information content (AvgIpc) is 2.35. The second-order valence-corrected chi connectivity index (χ2v) is 7.04. The van der Waals surface area contributed by atoms with Gasteiger partial charge in [0.05, 0.1) is 15.1 Å². The Morgan fingerprint density at radius 1 is 1.16 bits per heavy atom. The van der Waals surface area contributed by atoms with E-state index in [9.17, 15) is 8.42 Å². The van der Waals surface area contributed by atoms with Gasteiger partial charge in [0.15, 0.2) is 0 Å². The van der Waals surface area contributed by atoms with Crippen LogP contribution in [0.15, 0.2) is 50.5 Å². The van der Waals surface area contributed by atoms with Gasteiger partial charge in [0.2, 0.25) is 0 Å². The summed E-state index contributed by atoms with van der Waals surface area (Å²) in [4.78, 5) is 3.99. The van der Waals surface area contributed by atoms with E-state index in [2.05, 4.69) is 41.6 Å². The van der Waals surface area contributed by atoms with Crippen LogP contribution in [0.3, 0.4) is 0 Å². The zero-order chi connectivity index (χ0) is 14.0. The molecule has 0 unspecified atom stereocenters. The van der Waals surface area contributed by atoms with Crippen LogP contribution in [0, 0.1) is 0 Å². The molecule has 5 nitrogen and oxygen atoms in total. The van der Waals surface area contributed by atoms with Crippen LogP contribution >= 0.6 is 31.9 Å². The third-order valence-corrected chi connectivity index (χ3v) is 4.98. The van der Waals surface area contributed by atoms with E-state index in [0.717, 1.165) is 0 Å². The molecular weight excluding hydrogens is 398 g/mol. The fourth-order valence-corrected chi connectivity index (χ4v) is 3.45. The Morgan fingerprint density at radius 2 is 1.89 bits per heavy atom. The maximum atomic E-state index is 12.2. The molecule has 0 fully saturated rings. The number of nitrogens with zero attached hydrogens (tertiary/aromatic N) is 1. The number of halogens is 2. The van der Waals surface area contributed by atoms with Gasteiger partial charge in [-0.15, -0.1) is 0 Å². The van der Waals surface area contributed by atoms with E-state index in [0.29, 0.717) is 20.3 Å². The van der Waals surface area contributed by atoms with Crippen LogP contribution in [-0.2, 0) is 10.0 Å². The highest BCUT2D eigenvalue weighted by molar-refractivity contribution is 9.11. The van der Waals surface area contributed by atoms with Crippen molar-refractivity contribution < 1.29 is 8.42 Å². The van der Waals surface area contributed by atoms with Gasteiger partial charge in [-0.1, -0.05) is 0 Å². The zero-order valence-electron chi connectivity index (χ0n) is 9.47. The van der Waals surface area contributed by atoms with Crippen LogP contribution in [0.5, 0.6) is 0 Å². The van der Waals surface area contributed by atoms with E-state index in [-0.39, 0.29) is 4.90 Å². The highest BCUT2D eigenvalue weighted by atomic mass is 79.9. The lowest BCUT2D eigenvalue weighted by molar-refractivity contribution is 0.601. The number of nitrogens with two attached hydrogens (primary N) is 1. The Balaban J connectivity index is 2.38. The van der Waals surface area contributed by atoms with Crippen molar-refractivity contribution in [1.29, 1.82) is 0 Å². The number of rotatable bonds is 3. The number of hydrogen-bond acceptors (Lipinski definition) is 4. The van der Waals surface area contributed by atoms with Crippen molar-refractivity contribution in [3.63, 3.8) is 0 Å². The fourth-order valence-electron chi connectivity index (χ4n) is 1.34. The van der Waals surface area contributed by atoms with Gasteiger partial charge < -0.3 is 5.73 Å². The molecule has 1 heterocycles. The number of aromatic nitrogens is 1. The van der Waals surface area contributed by atoms with Crippen LogP contribution in [0.1, 0.15) is 0 Å².